The van der Waals surface area contributed by atoms with Gasteiger partial charge in [-0.25, -0.2) is 8.42 Å². The van der Waals surface area contributed by atoms with Crippen LogP contribution in [-0.2, 0) is 10.0 Å². The third-order valence-corrected chi connectivity index (χ3v) is 6.90. The van der Waals surface area contributed by atoms with Crippen LogP contribution in [0.3, 0.4) is 0 Å². The fraction of sp³-hybridized carbons (Fsp3) is 0.0500. The van der Waals surface area contributed by atoms with E-state index in [1.165, 1.54) is 6.07 Å². The number of amides is 1. The van der Waals surface area contributed by atoms with Crippen molar-refractivity contribution in [3.05, 3.63) is 85.0 Å². The van der Waals surface area contributed by atoms with Crippen molar-refractivity contribution in [2.45, 2.75) is 11.8 Å². The number of halogens is 2. The molecule has 5 nitrogen and oxygen atoms in total. The Hall–Kier alpha value is -1.66. The van der Waals surface area contributed by atoms with Crippen molar-refractivity contribution in [2.24, 2.45) is 0 Å². The number of nitrogens with one attached hydrogen (secondary N) is 2. The van der Waals surface area contributed by atoms with Gasteiger partial charge in [-0.15, -0.1) is 0 Å². The molecular weight excluding hydrogens is 602 g/mol. The van der Waals surface area contributed by atoms with Gasteiger partial charge in [0.25, 0.3) is 15.9 Å². The Balaban J connectivity index is 1.86. The van der Waals surface area contributed by atoms with Crippen LogP contribution in [0.2, 0.25) is 0 Å². The van der Waals surface area contributed by atoms with Gasteiger partial charge in [0.1, 0.15) is 0 Å². The molecule has 0 saturated heterocycles. The highest BCUT2D eigenvalue weighted by Gasteiger charge is 2.19. The molecule has 0 saturated carbocycles. The molecular formula is C20H16I2N2O3S. The highest BCUT2D eigenvalue weighted by Crippen LogP contribution is 2.22. The number of aryl methyl sites for hydroxylation is 1. The van der Waals surface area contributed by atoms with Gasteiger partial charge in [0, 0.05) is 24.1 Å². The Morgan fingerprint density at radius 3 is 1.93 bits per heavy atom. The van der Waals surface area contributed by atoms with Crippen LogP contribution in [0.4, 0.5) is 11.4 Å². The van der Waals surface area contributed by atoms with Crippen molar-refractivity contribution in [1.29, 1.82) is 0 Å². The molecule has 0 aliphatic heterocycles. The monoisotopic (exact) mass is 618 g/mol. The van der Waals surface area contributed by atoms with Crippen molar-refractivity contribution in [1.82, 2.24) is 0 Å². The van der Waals surface area contributed by atoms with E-state index < -0.39 is 10.0 Å². The molecule has 1 amide bonds. The fourth-order valence-electron chi connectivity index (χ4n) is 2.50. The summed E-state index contributed by atoms with van der Waals surface area (Å²) in [5, 5.41) is 2.78. The van der Waals surface area contributed by atoms with Crippen LogP contribution in [0.25, 0.3) is 0 Å². The van der Waals surface area contributed by atoms with E-state index in [1.807, 2.05) is 24.3 Å². The average Bonchev–Trinajstić information content (AvgIpc) is 2.65. The number of carbonyl (C=O) groups excluding carboxylic acids is 1. The lowest BCUT2D eigenvalue weighted by Crippen LogP contribution is -2.17. The minimum absolute atomic E-state index is 0.0707. The minimum atomic E-state index is -3.82. The van der Waals surface area contributed by atoms with Gasteiger partial charge in [-0.2, -0.15) is 0 Å². The molecule has 28 heavy (non-hydrogen) atoms. The van der Waals surface area contributed by atoms with Gasteiger partial charge < -0.3 is 5.32 Å². The topological polar surface area (TPSA) is 75.3 Å². The first-order valence-corrected chi connectivity index (χ1v) is 11.8. The minimum Gasteiger partial charge on any atom is -0.322 e. The number of hydrogen-bond acceptors (Lipinski definition) is 3. The highest BCUT2D eigenvalue weighted by atomic mass is 127. The lowest BCUT2D eigenvalue weighted by atomic mass is 10.1. The van der Waals surface area contributed by atoms with Gasteiger partial charge >= 0.3 is 0 Å². The second kappa shape index (κ2) is 8.78. The summed E-state index contributed by atoms with van der Waals surface area (Å²) in [4.78, 5) is 12.6. The lowest BCUT2D eigenvalue weighted by molar-refractivity contribution is 0.102. The standard InChI is InChI=1S/C20H16I2N2O3S/c1-13-2-3-14(20(25)23-17-8-4-15(21)5-9-17)12-19(13)28(26,27)24-18-10-6-16(22)7-11-18/h2-12,24H,1H3,(H,23,25). The first-order chi connectivity index (χ1) is 13.2. The zero-order valence-corrected chi connectivity index (χ0v) is 19.9. The maximum Gasteiger partial charge on any atom is 0.262 e. The maximum atomic E-state index is 12.8. The van der Waals surface area contributed by atoms with Crippen LogP contribution in [0.1, 0.15) is 15.9 Å². The number of anilines is 2. The molecule has 144 valence electrons. The van der Waals surface area contributed by atoms with Crippen LogP contribution in [0, 0.1) is 14.1 Å². The van der Waals surface area contributed by atoms with E-state index in [0.29, 0.717) is 16.9 Å². The van der Waals surface area contributed by atoms with Gasteiger partial charge in [-0.3, -0.25) is 9.52 Å². The Bertz CT molecular complexity index is 1110. The molecule has 0 spiro atoms. The molecule has 3 aromatic rings. The first kappa shape index (κ1) is 21.1. The van der Waals surface area contributed by atoms with Gasteiger partial charge in [0.15, 0.2) is 0 Å². The summed E-state index contributed by atoms with van der Waals surface area (Å²) in [5.41, 5.74) is 1.94. The molecule has 0 aliphatic carbocycles. The molecule has 0 fully saturated rings. The van der Waals surface area contributed by atoms with E-state index in [0.717, 1.165) is 7.14 Å². The normalized spacial score (nSPS) is 11.1. The molecule has 8 heteroatoms. The molecule has 3 aromatic carbocycles. The van der Waals surface area contributed by atoms with Crippen LogP contribution in [0.15, 0.2) is 71.6 Å². The number of benzene rings is 3. The van der Waals surface area contributed by atoms with E-state index in [2.05, 4.69) is 55.2 Å². The van der Waals surface area contributed by atoms with E-state index in [4.69, 9.17) is 0 Å². The van der Waals surface area contributed by atoms with Crippen molar-refractivity contribution >= 4 is 72.5 Å². The zero-order valence-electron chi connectivity index (χ0n) is 14.7. The van der Waals surface area contributed by atoms with Gasteiger partial charge in [0.05, 0.1) is 4.90 Å². The Morgan fingerprint density at radius 1 is 0.821 bits per heavy atom. The summed E-state index contributed by atoms with van der Waals surface area (Å²) >= 11 is 4.33. The summed E-state index contributed by atoms with van der Waals surface area (Å²) in [6.45, 7) is 1.70. The van der Waals surface area contributed by atoms with Crippen LogP contribution in [-0.4, -0.2) is 14.3 Å². The van der Waals surface area contributed by atoms with Crippen molar-refractivity contribution in [3.8, 4) is 0 Å². The third kappa shape index (κ3) is 5.23. The molecule has 0 radical (unpaired) electrons. The molecule has 0 heterocycles. The van der Waals surface area contributed by atoms with Gasteiger partial charge in [0.2, 0.25) is 0 Å². The smallest absolute Gasteiger partial charge is 0.262 e. The molecule has 0 aliphatic rings. The predicted molar refractivity (Wildman–Crippen MR) is 128 cm³/mol. The number of hydrogen-bond donors (Lipinski definition) is 2. The lowest BCUT2D eigenvalue weighted by Gasteiger charge is -2.12. The number of carbonyl (C=O) groups is 1. The maximum absolute atomic E-state index is 12.8. The van der Waals surface area contributed by atoms with Crippen LogP contribution in [0.5, 0.6) is 0 Å². The molecule has 2 N–H and O–H groups in total. The van der Waals surface area contributed by atoms with E-state index in [1.54, 1.807) is 43.3 Å². The van der Waals surface area contributed by atoms with E-state index in [-0.39, 0.29) is 16.4 Å². The molecule has 3 rings (SSSR count). The second-order valence-corrected chi connectivity index (χ2v) is 10.2. The Kier molecular flexibility index (Phi) is 6.61. The predicted octanol–water partition coefficient (Wildman–Crippen LogP) is 5.26. The fourth-order valence-corrected chi connectivity index (χ4v) is 4.54. The summed E-state index contributed by atoms with van der Waals surface area (Å²) in [5.74, 6) is -0.369. The summed E-state index contributed by atoms with van der Waals surface area (Å²) < 4.78 is 30.3. The third-order valence-electron chi connectivity index (χ3n) is 3.94. The summed E-state index contributed by atoms with van der Waals surface area (Å²) in [6, 6.07) is 19.0. The van der Waals surface area contributed by atoms with E-state index >= 15 is 0 Å². The quantitative estimate of drug-likeness (QED) is 0.384. The van der Waals surface area contributed by atoms with Crippen molar-refractivity contribution < 1.29 is 13.2 Å². The molecule has 0 aromatic heterocycles. The summed E-state index contributed by atoms with van der Waals surface area (Å²) in [7, 11) is -3.82. The average molecular weight is 618 g/mol. The largest absolute Gasteiger partial charge is 0.322 e. The zero-order chi connectivity index (χ0) is 20.3. The van der Waals surface area contributed by atoms with Gasteiger partial charge in [-0.1, -0.05) is 6.07 Å². The SMILES string of the molecule is Cc1ccc(C(=O)Nc2ccc(I)cc2)cc1S(=O)(=O)Nc1ccc(I)cc1. The molecule has 0 bridgehead atoms. The highest BCUT2D eigenvalue weighted by molar-refractivity contribution is 14.1. The van der Waals surface area contributed by atoms with Crippen molar-refractivity contribution in [2.75, 3.05) is 10.0 Å². The number of sulfonamides is 1. The second-order valence-electron chi connectivity index (χ2n) is 6.05. The molecule has 0 unspecified atom stereocenters. The Labute approximate surface area is 191 Å². The summed E-state index contributed by atoms with van der Waals surface area (Å²) in [6.07, 6.45) is 0. The van der Waals surface area contributed by atoms with E-state index in [9.17, 15) is 13.2 Å². The number of rotatable bonds is 5. The Morgan fingerprint density at radius 2 is 1.36 bits per heavy atom. The van der Waals surface area contributed by atoms with Crippen LogP contribution < -0.4 is 10.0 Å². The van der Waals surface area contributed by atoms with Crippen LogP contribution >= 0.6 is 45.2 Å². The van der Waals surface area contributed by atoms with Gasteiger partial charge in [-0.05, 0) is 118 Å². The molecule has 0 atom stereocenters. The first-order valence-electron chi connectivity index (χ1n) is 8.20. The van der Waals surface area contributed by atoms with Crippen molar-refractivity contribution in [3.63, 3.8) is 0 Å².